The Morgan fingerprint density at radius 1 is 1.65 bits per heavy atom. The first-order valence-corrected chi connectivity index (χ1v) is 4.19. The third kappa shape index (κ3) is 2.44. The van der Waals surface area contributed by atoms with E-state index in [-0.39, 0.29) is 5.88 Å². The van der Waals surface area contributed by atoms with Gasteiger partial charge in [0.25, 0.3) is 12.3 Å². The number of amides is 1. The number of hydrogen-bond donors (Lipinski definition) is 1. The van der Waals surface area contributed by atoms with Crippen LogP contribution in [0.25, 0.3) is 0 Å². The van der Waals surface area contributed by atoms with E-state index in [1.807, 2.05) is 0 Å². The number of ether oxygens (including phenoxy) is 1. The first kappa shape index (κ1) is 12.7. The number of methoxy groups -OCH3 is 1. The first-order valence-electron chi connectivity index (χ1n) is 4.19. The average molecular weight is 247 g/mol. The average Bonchev–Trinajstić information content (AvgIpc) is 2.26. The van der Waals surface area contributed by atoms with E-state index in [1.165, 1.54) is 0 Å². The summed E-state index contributed by atoms with van der Waals surface area (Å²) in [7, 11) is 1.12. The standard InChI is InChI=1S/C8H7F2N3O4/c1-17-4-2-3(7(9)10)6(13(15)16)5(12-4)8(11)14/h2,7H,1H3,(H2,11,14). The molecule has 0 saturated heterocycles. The highest BCUT2D eigenvalue weighted by atomic mass is 19.3. The van der Waals surface area contributed by atoms with Gasteiger partial charge in [-0.05, 0) is 0 Å². The minimum absolute atomic E-state index is 0.347. The summed E-state index contributed by atoms with van der Waals surface area (Å²) >= 11 is 0. The van der Waals surface area contributed by atoms with Crippen molar-refractivity contribution in [2.75, 3.05) is 7.11 Å². The lowest BCUT2D eigenvalue weighted by atomic mass is 10.1. The molecule has 0 atom stereocenters. The molecule has 2 N–H and O–H groups in total. The summed E-state index contributed by atoms with van der Waals surface area (Å²) in [6, 6.07) is 0.690. The van der Waals surface area contributed by atoms with Crippen LogP contribution < -0.4 is 10.5 Å². The van der Waals surface area contributed by atoms with Crippen molar-refractivity contribution in [3.05, 3.63) is 27.4 Å². The van der Waals surface area contributed by atoms with Crippen LogP contribution in [-0.4, -0.2) is 22.9 Å². The van der Waals surface area contributed by atoms with Crippen LogP contribution in [0.15, 0.2) is 6.07 Å². The van der Waals surface area contributed by atoms with Crippen LogP contribution in [0.4, 0.5) is 14.5 Å². The topological polar surface area (TPSA) is 108 Å². The third-order valence-corrected chi connectivity index (χ3v) is 1.86. The molecule has 0 unspecified atom stereocenters. The summed E-state index contributed by atoms with van der Waals surface area (Å²) in [6.45, 7) is 0. The highest BCUT2D eigenvalue weighted by Gasteiger charge is 2.31. The summed E-state index contributed by atoms with van der Waals surface area (Å²) in [5.41, 5.74) is 1.92. The number of primary amides is 1. The molecule has 0 aromatic carbocycles. The lowest BCUT2D eigenvalue weighted by molar-refractivity contribution is -0.386. The number of nitrogens with zero attached hydrogens (tertiary/aromatic N) is 2. The van der Waals surface area contributed by atoms with E-state index in [4.69, 9.17) is 5.73 Å². The molecule has 0 aliphatic heterocycles. The number of rotatable bonds is 4. The van der Waals surface area contributed by atoms with Crippen molar-refractivity contribution in [1.82, 2.24) is 4.98 Å². The van der Waals surface area contributed by atoms with Crippen LogP contribution in [0.1, 0.15) is 22.5 Å². The Bertz CT molecular complexity index is 478. The van der Waals surface area contributed by atoms with Gasteiger partial charge in [-0.3, -0.25) is 14.9 Å². The second-order valence-corrected chi connectivity index (χ2v) is 2.87. The van der Waals surface area contributed by atoms with Gasteiger partial charge in [0.1, 0.15) is 5.56 Å². The van der Waals surface area contributed by atoms with Gasteiger partial charge in [-0.1, -0.05) is 0 Å². The summed E-state index contributed by atoms with van der Waals surface area (Å²) in [4.78, 5) is 23.8. The first-order chi connectivity index (χ1) is 7.88. The minimum atomic E-state index is -3.15. The summed E-state index contributed by atoms with van der Waals surface area (Å²) < 4.78 is 29.8. The summed E-state index contributed by atoms with van der Waals surface area (Å²) in [5.74, 6) is -1.63. The van der Waals surface area contributed by atoms with E-state index in [0.717, 1.165) is 7.11 Å². The monoisotopic (exact) mass is 247 g/mol. The van der Waals surface area contributed by atoms with E-state index in [1.54, 1.807) is 0 Å². The summed E-state index contributed by atoms with van der Waals surface area (Å²) in [6.07, 6.45) is -3.15. The molecule has 0 spiro atoms. The molecule has 17 heavy (non-hydrogen) atoms. The zero-order chi connectivity index (χ0) is 13.2. The van der Waals surface area contributed by atoms with Gasteiger partial charge in [-0.15, -0.1) is 0 Å². The largest absolute Gasteiger partial charge is 0.481 e. The number of alkyl halides is 2. The van der Waals surface area contributed by atoms with Crippen molar-refractivity contribution in [3.8, 4) is 5.88 Å². The highest BCUT2D eigenvalue weighted by molar-refractivity contribution is 5.95. The Morgan fingerprint density at radius 3 is 2.59 bits per heavy atom. The van der Waals surface area contributed by atoms with Crippen molar-refractivity contribution >= 4 is 11.6 Å². The molecule has 92 valence electrons. The van der Waals surface area contributed by atoms with Crippen LogP contribution >= 0.6 is 0 Å². The molecule has 0 fully saturated rings. The lowest BCUT2D eigenvalue weighted by Gasteiger charge is -2.07. The number of nitrogens with two attached hydrogens (primary N) is 1. The van der Waals surface area contributed by atoms with E-state index >= 15 is 0 Å². The molecule has 0 aliphatic carbocycles. The highest BCUT2D eigenvalue weighted by Crippen LogP contribution is 2.33. The molecule has 1 aromatic heterocycles. The Kier molecular flexibility index (Phi) is 3.51. The second-order valence-electron chi connectivity index (χ2n) is 2.87. The predicted molar refractivity (Wildman–Crippen MR) is 50.9 cm³/mol. The lowest BCUT2D eigenvalue weighted by Crippen LogP contribution is -2.17. The van der Waals surface area contributed by atoms with Gasteiger partial charge < -0.3 is 10.5 Å². The Balaban J connectivity index is 3.61. The molecule has 0 saturated carbocycles. The van der Waals surface area contributed by atoms with E-state index in [2.05, 4.69) is 9.72 Å². The Morgan fingerprint density at radius 2 is 2.24 bits per heavy atom. The molecular formula is C8H7F2N3O4. The van der Waals surface area contributed by atoms with E-state index in [0.29, 0.717) is 6.07 Å². The molecule has 1 aromatic rings. The second kappa shape index (κ2) is 4.68. The maximum absolute atomic E-state index is 12.6. The zero-order valence-electron chi connectivity index (χ0n) is 8.52. The number of nitro groups is 1. The zero-order valence-corrected chi connectivity index (χ0v) is 8.52. The number of halogens is 2. The fraction of sp³-hybridized carbons (Fsp3) is 0.250. The number of hydrogen-bond acceptors (Lipinski definition) is 5. The van der Waals surface area contributed by atoms with Crippen LogP contribution in [0, 0.1) is 10.1 Å². The van der Waals surface area contributed by atoms with Gasteiger partial charge in [0.05, 0.1) is 12.0 Å². The molecule has 1 amide bonds. The molecular weight excluding hydrogens is 240 g/mol. The molecule has 7 nitrogen and oxygen atoms in total. The van der Waals surface area contributed by atoms with E-state index in [9.17, 15) is 23.7 Å². The van der Waals surface area contributed by atoms with Gasteiger partial charge in [-0.25, -0.2) is 13.8 Å². The Hall–Kier alpha value is -2.32. The molecule has 1 heterocycles. The quantitative estimate of drug-likeness (QED) is 0.631. The number of pyridine rings is 1. The van der Waals surface area contributed by atoms with Gasteiger partial charge >= 0.3 is 5.69 Å². The molecule has 9 heteroatoms. The third-order valence-electron chi connectivity index (χ3n) is 1.86. The van der Waals surface area contributed by atoms with Crippen LogP contribution in [0.5, 0.6) is 5.88 Å². The van der Waals surface area contributed by atoms with Crippen LogP contribution in [-0.2, 0) is 0 Å². The maximum atomic E-state index is 12.6. The fourth-order valence-electron chi connectivity index (χ4n) is 1.17. The van der Waals surface area contributed by atoms with Crippen molar-refractivity contribution < 1.29 is 23.2 Å². The molecule has 0 aliphatic rings. The molecule has 1 rings (SSSR count). The Labute approximate surface area is 93.3 Å². The SMILES string of the molecule is COc1cc(C(F)F)c([N+](=O)[O-])c(C(N)=O)n1. The van der Waals surface area contributed by atoms with Crippen LogP contribution in [0.2, 0.25) is 0 Å². The van der Waals surface area contributed by atoms with Crippen molar-refractivity contribution in [3.63, 3.8) is 0 Å². The van der Waals surface area contributed by atoms with Crippen molar-refractivity contribution in [2.24, 2.45) is 5.73 Å². The number of aromatic nitrogens is 1. The minimum Gasteiger partial charge on any atom is -0.481 e. The smallest absolute Gasteiger partial charge is 0.309 e. The summed E-state index contributed by atoms with van der Waals surface area (Å²) in [5, 5.41) is 10.6. The van der Waals surface area contributed by atoms with Crippen LogP contribution in [0.3, 0.4) is 0 Å². The predicted octanol–water partition coefficient (Wildman–Crippen LogP) is 1.03. The van der Waals surface area contributed by atoms with Gasteiger partial charge in [0, 0.05) is 6.07 Å². The normalized spacial score (nSPS) is 10.4. The maximum Gasteiger partial charge on any atom is 0.309 e. The molecule has 0 bridgehead atoms. The fourth-order valence-corrected chi connectivity index (χ4v) is 1.17. The number of carbonyl (C=O) groups is 1. The van der Waals surface area contributed by atoms with Gasteiger partial charge in [0.15, 0.2) is 0 Å². The van der Waals surface area contributed by atoms with E-state index < -0.39 is 34.2 Å². The molecule has 0 radical (unpaired) electrons. The van der Waals surface area contributed by atoms with Crippen molar-refractivity contribution in [2.45, 2.75) is 6.43 Å². The number of carbonyl (C=O) groups excluding carboxylic acids is 1. The van der Waals surface area contributed by atoms with Gasteiger partial charge in [0.2, 0.25) is 11.6 Å². The van der Waals surface area contributed by atoms with Crippen molar-refractivity contribution in [1.29, 1.82) is 0 Å². The van der Waals surface area contributed by atoms with Gasteiger partial charge in [-0.2, -0.15) is 0 Å².